The number of nitrogens with two attached hydrogens (primary N) is 1. The van der Waals surface area contributed by atoms with E-state index in [-0.39, 0.29) is 5.75 Å². The third-order valence-corrected chi connectivity index (χ3v) is 1.59. The van der Waals surface area contributed by atoms with Crippen molar-refractivity contribution in [1.29, 1.82) is 0 Å². The lowest BCUT2D eigenvalue weighted by Crippen LogP contribution is -2.22. The van der Waals surface area contributed by atoms with Crippen molar-refractivity contribution < 1.29 is 15.0 Å². The number of carbonyl (C=O) groups is 1. The van der Waals surface area contributed by atoms with Crippen molar-refractivity contribution in [1.82, 2.24) is 0 Å². The Bertz CT molecular complexity index is 407. The second-order valence-electron chi connectivity index (χ2n) is 2.73. The Balaban J connectivity index is 2.70. The lowest BCUT2D eigenvalue weighted by atomic mass is 10.2. The van der Waals surface area contributed by atoms with E-state index < -0.39 is 11.8 Å². The van der Waals surface area contributed by atoms with Gasteiger partial charge in [0.15, 0.2) is 0 Å². The fraction of sp³-hybridized carbons (Fsp3) is 0. The van der Waals surface area contributed by atoms with Gasteiger partial charge in [-0.1, -0.05) is 12.1 Å². The minimum absolute atomic E-state index is 0.167. The maximum atomic E-state index is 10.3. The van der Waals surface area contributed by atoms with Crippen LogP contribution in [-0.2, 0) is 4.79 Å². The highest BCUT2D eigenvalue weighted by atomic mass is 16.4. The molecule has 0 saturated heterocycles. The van der Waals surface area contributed by atoms with Crippen LogP contribution in [0.2, 0.25) is 0 Å². The summed E-state index contributed by atoms with van der Waals surface area (Å²) in [5, 5.41) is 17.4. The molecule has 5 heteroatoms. The van der Waals surface area contributed by atoms with Crippen molar-refractivity contribution in [2.45, 2.75) is 0 Å². The summed E-state index contributed by atoms with van der Waals surface area (Å²) >= 11 is 0. The van der Waals surface area contributed by atoms with Gasteiger partial charge in [-0.05, 0) is 23.8 Å². The van der Waals surface area contributed by atoms with E-state index in [9.17, 15) is 4.79 Å². The molecule has 0 radical (unpaired) electrons. The molecule has 0 spiro atoms. The van der Waals surface area contributed by atoms with Crippen molar-refractivity contribution in [3.63, 3.8) is 0 Å². The number of aliphatic carboxylic acids is 1. The maximum absolute atomic E-state index is 10.3. The SMILES string of the molecule is NC(=NC=Cc1ccc(O)cc1)C(=O)O. The largest absolute Gasteiger partial charge is 0.508 e. The van der Waals surface area contributed by atoms with Crippen molar-refractivity contribution >= 4 is 17.9 Å². The van der Waals surface area contributed by atoms with Gasteiger partial charge in [0, 0.05) is 6.20 Å². The highest BCUT2D eigenvalue weighted by molar-refractivity contribution is 6.33. The summed E-state index contributed by atoms with van der Waals surface area (Å²) in [4.78, 5) is 13.8. The molecular formula is C10H10N2O3. The van der Waals surface area contributed by atoms with Gasteiger partial charge < -0.3 is 15.9 Å². The zero-order valence-electron chi connectivity index (χ0n) is 7.79. The number of hydrogen-bond donors (Lipinski definition) is 3. The Morgan fingerprint density at radius 3 is 2.47 bits per heavy atom. The molecule has 1 aromatic carbocycles. The monoisotopic (exact) mass is 206 g/mol. The maximum Gasteiger partial charge on any atom is 0.371 e. The number of phenols is 1. The van der Waals surface area contributed by atoms with Crippen LogP contribution in [-0.4, -0.2) is 22.0 Å². The molecule has 0 heterocycles. The number of amidine groups is 1. The Morgan fingerprint density at radius 2 is 1.93 bits per heavy atom. The minimum atomic E-state index is -1.26. The molecule has 1 aromatic rings. The van der Waals surface area contributed by atoms with Crippen LogP contribution in [0, 0.1) is 0 Å². The summed E-state index contributed by atoms with van der Waals surface area (Å²) in [7, 11) is 0. The first-order valence-electron chi connectivity index (χ1n) is 4.12. The number of hydrogen-bond acceptors (Lipinski definition) is 3. The minimum Gasteiger partial charge on any atom is -0.508 e. The van der Waals surface area contributed by atoms with Gasteiger partial charge in [0.2, 0.25) is 5.84 Å². The van der Waals surface area contributed by atoms with Gasteiger partial charge in [-0.2, -0.15) is 0 Å². The lowest BCUT2D eigenvalue weighted by Gasteiger charge is -1.92. The molecular weight excluding hydrogens is 196 g/mol. The predicted molar refractivity (Wildman–Crippen MR) is 56.4 cm³/mol. The highest BCUT2D eigenvalue weighted by Crippen LogP contribution is 2.10. The van der Waals surface area contributed by atoms with E-state index in [4.69, 9.17) is 15.9 Å². The van der Waals surface area contributed by atoms with Crippen LogP contribution in [0.25, 0.3) is 6.08 Å². The van der Waals surface area contributed by atoms with E-state index in [1.165, 1.54) is 18.3 Å². The van der Waals surface area contributed by atoms with Crippen LogP contribution < -0.4 is 5.73 Å². The first-order chi connectivity index (χ1) is 7.09. The summed E-state index contributed by atoms with van der Waals surface area (Å²) < 4.78 is 0. The van der Waals surface area contributed by atoms with Gasteiger partial charge in [-0.25, -0.2) is 9.79 Å². The number of carboxylic acids is 1. The van der Waals surface area contributed by atoms with Gasteiger partial charge in [-0.3, -0.25) is 0 Å². The summed E-state index contributed by atoms with van der Waals surface area (Å²) in [6.45, 7) is 0. The number of aromatic hydroxyl groups is 1. The van der Waals surface area contributed by atoms with Crippen LogP contribution >= 0.6 is 0 Å². The van der Waals surface area contributed by atoms with Gasteiger partial charge in [0.1, 0.15) is 5.75 Å². The van der Waals surface area contributed by atoms with Crippen LogP contribution in [0.5, 0.6) is 5.75 Å². The molecule has 0 aliphatic rings. The second-order valence-corrected chi connectivity index (χ2v) is 2.73. The van der Waals surface area contributed by atoms with Crippen molar-refractivity contribution in [3.8, 4) is 5.75 Å². The zero-order valence-corrected chi connectivity index (χ0v) is 7.79. The number of carboxylic acid groups (broad SMARTS) is 1. The molecule has 0 bridgehead atoms. The Labute approximate surface area is 86.2 Å². The molecule has 1 rings (SSSR count). The number of rotatable bonds is 2. The smallest absolute Gasteiger partial charge is 0.371 e. The van der Waals surface area contributed by atoms with E-state index in [1.54, 1.807) is 18.2 Å². The van der Waals surface area contributed by atoms with E-state index >= 15 is 0 Å². The van der Waals surface area contributed by atoms with Gasteiger partial charge in [0.25, 0.3) is 0 Å². The van der Waals surface area contributed by atoms with Gasteiger partial charge in [-0.15, -0.1) is 0 Å². The van der Waals surface area contributed by atoms with E-state index in [0.717, 1.165) is 5.56 Å². The Morgan fingerprint density at radius 1 is 1.33 bits per heavy atom. The molecule has 0 amide bonds. The Kier molecular flexibility index (Phi) is 3.45. The molecule has 0 unspecified atom stereocenters. The summed E-state index contributed by atoms with van der Waals surface area (Å²) in [5.41, 5.74) is 5.85. The first kappa shape index (κ1) is 10.8. The fourth-order valence-corrected chi connectivity index (χ4v) is 0.844. The Hall–Kier alpha value is -2.30. The second kappa shape index (κ2) is 4.80. The van der Waals surface area contributed by atoms with Crippen LogP contribution in [0.4, 0.5) is 0 Å². The summed E-state index contributed by atoms with van der Waals surface area (Å²) in [6.07, 6.45) is 2.87. The van der Waals surface area contributed by atoms with E-state index in [2.05, 4.69) is 4.99 Å². The van der Waals surface area contributed by atoms with E-state index in [1.807, 2.05) is 0 Å². The lowest BCUT2D eigenvalue weighted by molar-refractivity contribution is -0.129. The topological polar surface area (TPSA) is 95.9 Å². The van der Waals surface area contributed by atoms with Crippen LogP contribution in [0.15, 0.2) is 35.5 Å². The molecule has 0 aliphatic heterocycles. The highest BCUT2D eigenvalue weighted by Gasteiger charge is 1.99. The molecule has 0 aromatic heterocycles. The third kappa shape index (κ3) is 3.51. The third-order valence-electron chi connectivity index (χ3n) is 1.59. The molecule has 0 fully saturated rings. The van der Waals surface area contributed by atoms with Crippen molar-refractivity contribution in [2.75, 3.05) is 0 Å². The quantitative estimate of drug-likeness (QED) is 0.492. The first-order valence-corrected chi connectivity index (χ1v) is 4.12. The van der Waals surface area contributed by atoms with Crippen molar-refractivity contribution in [3.05, 3.63) is 36.0 Å². The zero-order chi connectivity index (χ0) is 11.3. The number of benzene rings is 1. The molecule has 0 aliphatic carbocycles. The molecule has 4 N–H and O–H groups in total. The van der Waals surface area contributed by atoms with Gasteiger partial charge >= 0.3 is 5.97 Å². The molecule has 5 nitrogen and oxygen atoms in total. The van der Waals surface area contributed by atoms with Crippen LogP contribution in [0.1, 0.15) is 5.56 Å². The van der Waals surface area contributed by atoms with E-state index in [0.29, 0.717) is 0 Å². The fourth-order valence-electron chi connectivity index (χ4n) is 0.844. The normalized spacial score (nSPS) is 11.9. The molecule has 15 heavy (non-hydrogen) atoms. The van der Waals surface area contributed by atoms with Gasteiger partial charge in [0.05, 0.1) is 0 Å². The summed E-state index contributed by atoms with van der Waals surface area (Å²) in [6, 6.07) is 6.37. The average molecular weight is 206 g/mol. The predicted octanol–water partition coefficient (Wildman–Crippen LogP) is 0.805. The van der Waals surface area contributed by atoms with Crippen LogP contribution in [0.3, 0.4) is 0 Å². The number of aliphatic imine (C=N–C) groups is 1. The summed E-state index contributed by atoms with van der Waals surface area (Å²) in [5.74, 6) is -1.56. The average Bonchev–Trinajstić information content (AvgIpc) is 2.20. The number of nitrogens with zero attached hydrogens (tertiary/aromatic N) is 1. The molecule has 0 atom stereocenters. The van der Waals surface area contributed by atoms with Crippen molar-refractivity contribution in [2.24, 2.45) is 10.7 Å². The molecule has 78 valence electrons. The number of phenolic OH excluding ortho intramolecular Hbond substituents is 1. The standard InChI is InChI=1S/C10H10N2O3/c11-9(10(14)15)12-6-5-7-1-3-8(13)4-2-7/h1-6,13H,(H2,11,12)(H,14,15). The molecule has 0 saturated carbocycles.